The van der Waals surface area contributed by atoms with Crippen molar-refractivity contribution in [1.29, 1.82) is 0 Å². The lowest BCUT2D eigenvalue weighted by Gasteiger charge is -2.40. The Morgan fingerprint density at radius 2 is 1.89 bits per heavy atom. The molecule has 2 aliphatic rings. The van der Waals surface area contributed by atoms with Crippen molar-refractivity contribution >= 4 is 23.6 Å². The molecule has 0 aliphatic carbocycles. The standard InChI is InChI=1S/C19H25ClN2O5/c1-19(2)11-27-18(24)22(19)12-7-9-21(10-8-12)17(23)13-5-6-14(25-3)16(26-4)15(13)20/h5-6,12H,7-11H2,1-4H3. The van der Waals surface area contributed by atoms with Crippen LogP contribution in [0.25, 0.3) is 0 Å². The van der Waals surface area contributed by atoms with Crippen LogP contribution in [0.2, 0.25) is 5.02 Å². The molecule has 0 saturated carbocycles. The number of hydrogen-bond acceptors (Lipinski definition) is 5. The van der Waals surface area contributed by atoms with Gasteiger partial charge in [-0.1, -0.05) is 11.6 Å². The van der Waals surface area contributed by atoms with E-state index in [1.807, 2.05) is 18.7 Å². The number of rotatable bonds is 4. The maximum Gasteiger partial charge on any atom is 0.410 e. The Labute approximate surface area is 164 Å². The molecule has 7 nitrogen and oxygen atoms in total. The minimum Gasteiger partial charge on any atom is -0.493 e. The van der Waals surface area contributed by atoms with Crippen LogP contribution in [0.4, 0.5) is 4.79 Å². The minimum atomic E-state index is -0.319. The van der Waals surface area contributed by atoms with Crippen LogP contribution in [0.3, 0.4) is 0 Å². The van der Waals surface area contributed by atoms with Gasteiger partial charge in [-0.05, 0) is 38.8 Å². The van der Waals surface area contributed by atoms with E-state index in [0.717, 1.165) is 0 Å². The van der Waals surface area contributed by atoms with Crippen molar-refractivity contribution in [2.75, 3.05) is 33.9 Å². The summed E-state index contributed by atoms with van der Waals surface area (Å²) in [4.78, 5) is 28.6. The van der Waals surface area contributed by atoms with E-state index in [1.165, 1.54) is 14.2 Å². The third-order valence-corrected chi connectivity index (χ3v) is 5.61. The fraction of sp³-hybridized carbons (Fsp3) is 0.579. The van der Waals surface area contributed by atoms with E-state index >= 15 is 0 Å². The maximum atomic E-state index is 12.9. The molecule has 2 fully saturated rings. The molecule has 1 aromatic carbocycles. The van der Waals surface area contributed by atoms with Gasteiger partial charge >= 0.3 is 6.09 Å². The number of piperidine rings is 1. The molecule has 0 spiro atoms. The summed E-state index contributed by atoms with van der Waals surface area (Å²) in [5.41, 5.74) is 0.0642. The molecule has 148 valence electrons. The average molecular weight is 397 g/mol. The predicted molar refractivity (Wildman–Crippen MR) is 101 cm³/mol. The number of hydrogen-bond donors (Lipinski definition) is 0. The molecule has 2 amide bonds. The molecule has 0 radical (unpaired) electrons. The van der Waals surface area contributed by atoms with Crippen molar-refractivity contribution in [3.05, 3.63) is 22.7 Å². The molecule has 0 N–H and O–H groups in total. The third-order valence-electron chi connectivity index (χ3n) is 5.23. The van der Waals surface area contributed by atoms with E-state index in [9.17, 15) is 9.59 Å². The Morgan fingerprint density at radius 1 is 1.22 bits per heavy atom. The fourth-order valence-corrected chi connectivity index (χ4v) is 4.13. The van der Waals surface area contributed by atoms with Crippen LogP contribution in [0.15, 0.2) is 12.1 Å². The zero-order valence-corrected chi connectivity index (χ0v) is 16.8. The Kier molecular flexibility index (Phi) is 5.42. The second kappa shape index (κ2) is 7.46. The average Bonchev–Trinajstić information content (AvgIpc) is 2.93. The second-order valence-electron chi connectivity index (χ2n) is 7.42. The van der Waals surface area contributed by atoms with Crippen molar-refractivity contribution in [2.24, 2.45) is 0 Å². The largest absolute Gasteiger partial charge is 0.493 e. The molecule has 2 heterocycles. The molecule has 27 heavy (non-hydrogen) atoms. The van der Waals surface area contributed by atoms with Crippen LogP contribution in [0.5, 0.6) is 11.5 Å². The summed E-state index contributed by atoms with van der Waals surface area (Å²) in [6.45, 7) is 5.49. The first-order chi connectivity index (χ1) is 12.8. The van der Waals surface area contributed by atoms with Gasteiger partial charge in [0, 0.05) is 19.1 Å². The second-order valence-corrected chi connectivity index (χ2v) is 7.80. The van der Waals surface area contributed by atoms with Crippen molar-refractivity contribution in [3.8, 4) is 11.5 Å². The SMILES string of the molecule is COc1ccc(C(=O)N2CCC(N3C(=O)OCC3(C)C)CC2)c(Cl)c1OC. The molecule has 3 rings (SSSR count). The third kappa shape index (κ3) is 3.52. The quantitative estimate of drug-likeness (QED) is 0.781. The van der Waals surface area contributed by atoms with Gasteiger partial charge in [0.05, 0.1) is 30.3 Å². The van der Waals surface area contributed by atoms with E-state index in [0.29, 0.717) is 49.6 Å². The summed E-state index contributed by atoms with van der Waals surface area (Å²) >= 11 is 6.37. The van der Waals surface area contributed by atoms with E-state index in [-0.39, 0.29) is 28.6 Å². The summed E-state index contributed by atoms with van der Waals surface area (Å²) < 4.78 is 15.7. The number of methoxy groups -OCH3 is 2. The number of amides is 2. The van der Waals surface area contributed by atoms with Crippen LogP contribution < -0.4 is 9.47 Å². The topological polar surface area (TPSA) is 68.3 Å². The van der Waals surface area contributed by atoms with Gasteiger partial charge in [0.2, 0.25) is 0 Å². The Morgan fingerprint density at radius 3 is 2.41 bits per heavy atom. The lowest BCUT2D eigenvalue weighted by molar-refractivity contribution is 0.0589. The van der Waals surface area contributed by atoms with Gasteiger partial charge in [-0.25, -0.2) is 4.79 Å². The summed E-state index contributed by atoms with van der Waals surface area (Å²) in [7, 11) is 3.01. The molecule has 2 aliphatic heterocycles. The maximum absolute atomic E-state index is 12.9. The van der Waals surface area contributed by atoms with E-state index < -0.39 is 0 Å². The van der Waals surface area contributed by atoms with Gasteiger partial charge in [-0.15, -0.1) is 0 Å². The van der Waals surface area contributed by atoms with Crippen LogP contribution >= 0.6 is 11.6 Å². The molecule has 8 heteroatoms. The van der Waals surface area contributed by atoms with Crippen molar-refractivity contribution in [3.63, 3.8) is 0 Å². The van der Waals surface area contributed by atoms with Crippen molar-refractivity contribution in [2.45, 2.75) is 38.3 Å². The van der Waals surface area contributed by atoms with Crippen molar-refractivity contribution in [1.82, 2.24) is 9.80 Å². The highest BCUT2D eigenvalue weighted by atomic mass is 35.5. The first-order valence-electron chi connectivity index (χ1n) is 8.96. The van der Waals surface area contributed by atoms with Gasteiger partial charge in [-0.3, -0.25) is 9.69 Å². The molecular formula is C19H25ClN2O5. The monoisotopic (exact) mass is 396 g/mol. The Balaban J connectivity index is 1.72. The highest BCUT2D eigenvalue weighted by molar-refractivity contribution is 6.35. The van der Waals surface area contributed by atoms with Gasteiger partial charge in [0.15, 0.2) is 11.5 Å². The van der Waals surface area contributed by atoms with E-state index in [1.54, 1.807) is 17.0 Å². The molecular weight excluding hydrogens is 372 g/mol. The van der Waals surface area contributed by atoms with Gasteiger partial charge in [-0.2, -0.15) is 0 Å². The molecule has 0 atom stereocenters. The number of carbonyl (C=O) groups excluding carboxylic acids is 2. The molecule has 0 unspecified atom stereocenters. The summed E-state index contributed by atoms with van der Waals surface area (Å²) in [6, 6.07) is 3.40. The number of nitrogens with zero attached hydrogens (tertiary/aromatic N) is 2. The van der Waals surface area contributed by atoms with Crippen LogP contribution in [-0.2, 0) is 4.74 Å². The molecule has 0 aromatic heterocycles. The Bertz CT molecular complexity index is 744. The zero-order chi connectivity index (χ0) is 19.8. The van der Waals surface area contributed by atoms with Crippen LogP contribution in [0.1, 0.15) is 37.0 Å². The van der Waals surface area contributed by atoms with E-state index in [4.69, 9.17) is 25.8 Å². The first kappa shape index (κ1) is 19.6. The van der Waals surface area contributed by atoms with Crippen molar-refractivity contribution < 1.29 is 23.8 Å². The molecule has 0 bridgehead atoms. The summed E-state index contributed by atoms with van der Waals surface area (Å²) in [6.07, 6.45) is 1.14. The smallest absolute Gasteiger partial charge is 0.410 e. The Hall–Kier alpha value is -2.15. The number of ether oxygens (including phenoxy) is 3. The lowest BCUT2D eigenvalue weighted by atomic mass is 9.96. The van der Waals surface area contributed by atoms with Crippen LogP contribution in [-0.4, -0.2) is 67.3 Å². The summed E-state index contributed by atoms with van der Waals surface area (Å²) in [5, 5.41) is 0.244. The number of cyclic esters (lactones) is 1. The van der Waals surface area contributed by atoms with Crippen LogP contribution in [0, 0.1) is 0 Å². The number of carbonyl (C=O) groups is 2. The fourth-order valence-electron chi connectivity index (χ4n) is 3.82. The van der Waals surface area contributed by atoms with Gasteiger partial charge in [0.25, 0.3) is 5.91 Å². The number of benzene rings is 1. The normalized spacial score (nSPS) is 19.8. The summed E-state index contributed by atoms with van der Waals surface area (Å²) in [5.74, 6) is 0.677. The highest BCUT2D eigenvalue weighted by Gasteiger charge is 2.45. The number of halogens is 1. The van der Waals surface area contributed by atoms with E-state index in [2.05, 4.69) is 0 Å². The molecule has 2 saturated heterocycles. The molecule has 1 aromatic rings. The van der Waals surface area contributed by atoms with Gasteiger partial charge in [0.1, 0.15) is 6.61 Å². The lowest BCUT2D eigenvalue weighted by Crippen LogP contribution is -2.53. The predicted octanol–water partition coefficient (Wildman–Crippen LogP) is 3.19. The highest BCUT2D eigenvalue weighted by Crippen LogP contribution is 2.38. The first-order valence-corrected chi connectivity index (χ1v) is 9.33. The zero-order valence-electron chi connectivity index (χ0n) is 16.1. The van der Waals surface area contributed by atoms with Gasteiger partial charge < -0.3 is 19.1 Å². The minimum absolute atomic E-state index is 0.0694. The number of likely N-dealkylation sites (tertiary alicyclic amines) is 1.